The lowest BCUT2D eigenvalue weighted by atomic mass is 10.0. The van der Waals surface area contributed by atoms with E-state index in [0.717, 1.165) is 22.2 Å². The van der Waals surface area contributed by atoms with Crippen LogP contribution < -0.4 is 11.1 Å². The SMILES string of the molecule is C1CCCCC1.Cc1cnc(NC=O)cc1-c1cc(F)c2ncn(C(C)C)c2c1.NC(=O)CO. The molecular formula is C25H34FN5O3. The van der Waals surface area contributed by atoms with Crippen molar-refractivity contribution >= 4 is 29.2 Å². The minimum atomic E-state index is -0.690. The zero-order chi connectivity index (χ0) is 25.1. The Morgan fingerprint density at radius 3 is 2.26 bits per heavy atom. The van der Waals surface area contributed by atoms with Crippen LogP contribution in [0.3, 0.4) is 0 Å². The van der Waals surface area contributed by atoms with E-state index in [1.54, 1.807) is 18.6 Å². The average molecular weight is 472 g/mol. The van der Waals surface area contributed by atoms with Crippen molar-refractivity contribution in [1.29, 1.82) is 0 Å². The summed E-state index contributed by atoms with van der Waals surface area (Å²) in [6, 6.07) is 5.30. The number of pyridine rings is 1. The first-order chi connectivity index (χ1) is 16.3. The van der Waals surface area contributed by atoms with Crippen LogP contribution in [0.5, 0.6) is 0 Å². The number of carbonyl (C=O) groups excluding carboxylic acids is 2. The molecule has 1 saturated carbocycles. The molecule has 34 heavy (non-hydrogen) atoms. The van der Waals surface area contributed by atoms with Crippen molar-refractivity contribution < 1.29 is 19.1 Å². The molecule has 8 nitrogen and oxygen atoms in total. The van der Waals surface area contributed by atoms with Gasteiger partial charge >= 0.3 is 0 Å². The molecule has 2 heterocycles. The van der Waals surface area contributed by atoms with E-state index in [-0.39, 0.29) is 11.9 Å². The zero-order valence-electron chi connectivity index (χ0n) is 20.1. The van der Waals surface area contributed by atoms with E-state index < -0.39 is 12.5 Å². The van der Waals surface area contributed by atoms with Crippen LogP contribution in [0.4, 0.5) is 10.2 Å². The number of nitrogens with one attached hydrogen (secondary N) is 1. The molecule has 1 aromatic carbocycles. The monoisotopic (exact) mass is 471 g/mol. The van der Waals surface area contributed by atoms with Gasteiger partial charge in [0, 0.05) is 12.2 Å². The van der Waals surface area contributed by atoms with Gasteiger partial charge in [-0.3, -0.25) is 9.59 Å². The standard InChI is InChI=1S/C17H17FN4O.C6H12.C2H5NO2/c1-10(2)22-8-20-17-14(18)4-12(5-15(17)22)13-6-16(21-9-23)19-7-11(13)3;1-2-4-6-5-3-1;3-2(5)1-4/h4-10H,1-3H3,(H,19,21,23);1-6H2;4H,1H2,(H2,3,5). The number of imidazole rings is 1. The molecule has 3 aromatic rings. The van der Waals surface area contributed by atoms with Crippen LogP contribution >= 0.6 is 0 Å². The third-order valence-electron chi connectivity index (χ3n) is 5.47. The lowest BCUT2D eigenvalue weighted by Gasteiger charge is -2.11. The number of carbonyl (C=O) groups is 2. The minimum Gasteiger partial charge on any atom is -0.387 e. The molecule has 0 spiro atoms. The van der Waals surface area contributed by atoms with Gasteiger partial charge in [0.15, 0.2) is 5.82 Å². The van der Waals surface area contributed by atoms with Crippen LogP contribution in [0.25, 0.3) is 22.2 Å². The maximum absolute atomic E-state index is 14.4. The predicted octanol–water partition coefficient (Wildman–Crippen LogP) is 4.50. The first-order valence-corrected chi connectivity index (χ1v) is 11.5. The van der Waals surface area contributed by atoms with Gasteiger partial charge in [0.25, 0.3) is 0 Å². The second-order valence-electron chi connectivity index (χ2n) is 8.46. The van der Waals surface area contributed by atoms with Gasteiger partial charge in [0.1, 0.15) is 17.9 Å². The van der Waals surface area contributed by atoms with Crippen molar-refractivity contribution in [1.82, 2.24) is 14.5 Å². The van der Waals surface area contributed by atoms with E-state index in [2.05, 4.69) is 21.0 Å². The minimum absolute atomic E-state index is 0.181. The first-order valence-electron chi connectivity index (χ1n) is 11.5. The fourth-order valence-electron chi connectivity index (χ4n) is 3.69. The molecule has 1 aliphatic rings. The number of amides is 2. The molecule has 184 valence electrons. The molecule has 2 aromatic heterocycles. The number of anilines is 1. The molecule has 4 rings (SSSR count). The van der Waals surface area contributed by atoms with Crippen LogP contribution in [-0.4, -0.2) is 38.6 Å². The summed E-state index contributed by atoms with van der Waals surface area (Å²) in [5.74, 6) is -0.624. The molecule has 4 N–H and O–H groups in total. The van der Waals surface area contributed by atoms with Crippen LogP contribution in [0.2, 0.25) is 0 Å². The number of aryl methyl sites for hydroxylation is 1. The number of fused-ring (bicyclic) bond motifs is 1. The van der Waals surface area contributed by atoms with Crippen LogP contribution in [0.15, 0.2) is 30.7 Å². The largest absolute Gasteiger partial charge is 0.387 e. The number of primary amides is 1. The third kappa shape index (κ3) is 7.62. The van der Waals surface area contributed by atoms with E-state index in [4.69, 9.17) is 5.11 Å². The number of benzene rings is 1. The van der Waals surface area contributed by atoms with Crippen molar-refractivity contribution in [3.05, 3.63) is 42.1 Å². The van der Waals surface area contributed by atoms with E-state index in [9.17, 15) is 14.0 Å². The van der Waals surface area contributed by atoms with Gasteiger partial charge < -0.3 is 20.7 Å². The molecule has 1 aliphatic carbocycles. The van der Waals surface area contributed by atoms with Gasteiger partial charge in [-0.15, -0.1) is 0 Å². The van der Waals surface area contributed by atoms with Crippen molar-refractivity contribution in [2.24, 2.45) is 5.73 Å². The highest BCUT2D eigenvalue weighted by Gasteiger charge is 2.14. The fraction of sp³-hybridized carbons (Fsp3) is 0.440. The second-order valence-corrected chi connectivity index (χ2v) is 8.46. The summed E-state index contributed by atoms with van der Waals surface area (Å²) < 4.78 is 16.4. The summed E-state index contributed by atoms with van der Waals surface area (Å²) in [4.78, 5) is 28.2. The number of hydrogen-bond acceptors (Lipinski definition) is 5. The van der Waals surface area contributed by atoms with Gasteiger partial charge in [0.05, 0.1) is 11.8 Å². The molecule has 0 atom stereocenters. The summed E-state index contributed by atoms with van der Waals surface area (Å²) in [5.41, 5.74) is 7.96. The Kier molecular flexibility index (Phi) is 10.6. The highest BCUT2D eigenvalue weighted by atomic mass is 19.1. The van der Waals surface area contributed by atoms with Gasteiger partial charge in [-0.1, -0.05) is 38.5 Å². The second kappa shape index (κ2) is 13.4. The highest BCUT2D eigenvalue weighted by molar-refractivity contribution is 5.84. The Morgan fingerprint density at radius 1 is 1.18 bits per heavy atom. The maximum Gasteiger partial charge on any atom is 0.243 e. The molecule has 0 unspecified atom stereocenters. The molecule has 9 heteroatoms. The number of aromatic nitrogens is 3. The van der Waals surface area contributed by atoms with E-state index in [1.165, 1.54) is 44.6 Å². The number of nitrogens with zero attached hydrogens (tertiary/aromatic N) is 3. The number of halogens is 1. The number of aliphatic hydroxyl groups is 1. The van der Waals surface area contributed by atoms with Crippen molar-refractivity contribution in [2.45, 2.75) is 65.3 Å². The summed E-state index contributed by atoms with van der Waals surface area (Å²) in [5, 5.41) is 10.2. The lowest BCUT2D eigenvalue weighted by molar-refractivity contribution is -0.120. The van der Waals surface area contributed by atoms with Crippen LogP contribution in [0.1, 0.15) is 64.0 Å². The third-order valence-corrected chi connectivity index (χ3v) is 5.47. The number of nitrogens with two attached hydrogens (primary N) is 1. The molecule has 1 fully saturated rings. The Balaban J connectivity index is 0.000000306. The predicted molar refractivity (Wildman–Crippen MR) is 132 cm³/mol. The zero-order valence-corrected chi connectivity index (χ0v) is 20.1. The van der Waals surface area contributed by atoms with Gasteiger partial charge in [-0.25, -0.2) is 14.4 Å². The first kappa shape index (κ1) is 26.9. The molecule has 0 bridgehead atoms. The summed E-state index contributed by atoms with van der Waals surface area (Å²) in [7, 11) is 0. The van der Waals surface area contributed by atoms with Crippen LogP contribution in [0, 0.1) is 12.7 Å². The summed E-state index contributed by atoms with van der Waals surface area (Å²) in [6.45, 7) is 5.39. The number of hydrogen-bond donors (Lipinski definition) is 3. The van der Waals surface area contributed by atoms with Gasteiger partial charge in [0.2, 0.25) is 12.3 Å². The lowest BCUT2D eigenvalue weighted by Crippen LogP contribution is -2.14. The van der Waals surface area contributed by atoms with Crippen LogP contribution in [-0.2, 0) is 9.59 Å². The summed E-state index contributed by atoms with van der Waals surface area (Å²) in [6.07, 6.45) is 12.9. The number of rotatable bonds is 5. The van der Waals surface area contributed by atoms with E-state index >= 15 is 0 Å². The molecular weight excluding hydrogens is 437 g/mol. The number of aliphatic hydroxyl groups excluding tert-OH is 1. The molecule has 0 saturated heterocycles. The maximum atomic E-state index is 14.4. The van der Waals surface area contributed by atoms with Gasteiger partial charge in [-0.2, -0.15) is 0 Å². The molecule has 2 amide bonds. The van der Waals surface area contributed by atoms with Gasteiger partial charge in [-0.05, 0) is 55.7 Å². The molecule has 0 aliphatic heterocycles. The molecule has 0 radical (unpaired) electrons. The fourth-order valence-corrected chi connectivity index (χ4v) is 3.69. The normalized spacial score (nSPS) is 12.9. The Bertz CT molecular complexity index is 1080. The smallest absolute Gasteiger partial charge is 0.243 e. The van der Waals surface area contributed by atoms with Crippen molar-refractivity contribution in [3.8, 4) is 11.1 Å². The topological polar surface area (TPSA) is 123 Å². The van der Waals surface area contributed by atoms with E-state index in [1.807, 2.05) is 31.4 Å². The quantitative estimate of drug-likeness (QED) is 0.473. The Labute approximate surface area is 199 Å². The highest BCUT2D eigenvalue weighted by Crippen LogP contribution is 2.30. The van der Waals surface area contributed by atoms with Crippen molar-refractivity contribution in [3.63, 3.8) is 0 Å². The Morgan fingerprint density at radius 2 is 1.76 bits per heavy atom. The average Bonchev–Trinajstić information content (AvgIpc) is 3.27. The Hall–Kier alpha value is -3.33. The van der Waals surface area contributed by atoms with Crippen molar-refractivity contribution in [2.75, 3.05) is 11.9 Å². The van der Waals surface area contributed by atoms with E-state index in [0.29, 0.717) is 17.7 Å². The summed E-state index contributed by atoms with van der Waals surface area (Å²) >= 11 is 0.